The van der Waals surface area contributed by atoms with Crippen LogP contribution < -0.4 is 10.6 Å². The van der Waals surface area contributed by atoms with Gasteiger partial charge in [0.15, 0.2) is 5.96 Å². The molecule has 0 spiro atoms. The van der Waals surface area contributed by atoms with Crippen LogP contribution in [-0.4, -0.2) is 42.9 Å². The number of carbonyl (C=O) groups is 1. The van der Waals surface area contributed by atoms with Gasteiger partial charge in [-0.2, -0.15) is 0 Å². The molecule has 0 radical (unpaired) electrons. The maximum atomic E-state index is 12.2. The number of amides is 1. The Labute approximate surface area is 188 Å². The lowest BCUT2D eigenvalue weighted by Crippen LogP contribution is -2.40. The van der Waals surface area contributed by atoms with Crippen molar-refractivity contribution >= 4 is 53.1 Å². The van der Waals surface area contributed by atoms with Crippen molar-refractivity contribution in [2.24, 2.45) is 4.99 Å². The molecule has 1 fully saturated rings. The van der Waals surface area contributed by atoms with E-state index in [2.05, 4.69) is 15.5 Å². The lowest BCUT2D eigenvalue weighted by Gasteiger charge is -2.30. The molecule has 3 rings (SSSR count). The average Bonchev–Trinajstić information content (AvgIpc) is 2.72. The van der Waals surface area contributed by atoms with Gasteiger partial charge in [-0.1, -0.05) is 41.9 Å². The van der Waals surface area contributed by atoms with Crippen LogP contribution in [0.25, 0.3) is 0 Å². The molecule has 1 aliphatic rings. The molecule has 1 aliphatic heterocycles. The predicted molar refractivity (Wildman–Crippen MR) is 127 cm³/mol. The van der Waals surface area contributed by atoms with Gasteiger partial charge in [0, 0.05) is 25.3 Å². The summed E-state index contributed by atoms with van der Waals surface area (Å²) in [6, 6.07) is 17.1. The zero-order chi connectivity index (χ0) is 18.9. The second-order valence-corrected chi connectivity index (χ2v) is 6.89. The highest BCUT2D eigenvalue weighted by Crippen LogP contribution is 2.14. The number of halogens is 2. The molecule has 2 aromatic carbocycles. The van der Waals surface area contributed by atoms with Gasteiger partial charge in [0.05, 0.1) is 17.1 Å². The standard InChI is InChI=1S/C21H25ClN4O.HI/c22-19-12-6-5-11-18(19)20(27)23-13-14-24-21(26-15-7-2-8-16-26)25-17-9-3-1-4-10-17;/h1,3-6,9-12H,2,7-8,13-16H2,(H,23,27)(H,24,25);1H. The Bertz CT molecular complexity index is 779. The highest BCUT2D eigenvalue weighted by atomic mass is 127. The molecule has 2 aromatic rings. The summed E-state index contributed by atoms with van der Waals surface area (Å²) >= 11 is 6.07. The lowest BCUT2D eigenvalue weighted by atomic mass is 10.1. The van der Waals surface area contributed by atoms with Gasteiger partial charge in [-0.15, -0.1) is 24.0 Å². The van der Waals surface area contributed by atoms with E-state index in [1.54, 1.807) is 18.2 Å². The van der Waals surface area contributed by atoms with Crippen LogP contribution in [0, 0.1) is 0 Å². The van der Waals surface area contributed by atoms with Gasteiger partial charge in [-0.05, 0) is 43.5 Å². The van der Waals surface area contributed by atoms with Crippen LogP contribution in [0.2, 0.25) is 5.02 Å². The third-order valence-corrected chi connectivity index (χ3v) is 4.79. The zero-order valence-corrected chi connectivity index (χ0v) is 18.8. The van der Waals surface area contributed by atoms with E-state index in [-0.39, 0.29) is 29.9 Å². The van der Waals surface area contributed by atoms with Crippen LogP contribution in [0.15, 0.2) is 59.6 Å². The normalized spacial score (nSPS) is 14.2. The van der Waals surface area contributed by atoms with Crippen LogP contribution in [-0.2, 0) is 0 Å². The molecule has 0 atom stereocenters. The van der Waals surface area contributed by atoms with Crippen LogP contribution in [0.5, 0.6) is 0 Å². The van der Waals surface area contributed by atoms with Crippen LogP contribution in [0.1, 0.15) is 29.6 Å². The van der Waals surface area contributed by atoms with E-state index in [1.807, 2.05) is 36.4 Å². The number of hydrogen-bond acceptors (Lipinski definition) is 2. The van der Waals surface area contributed by atoms with E-state index >= 15 is 0 Å². The van der Waals surface area contributed by atoms with Crippen molar-refractivity contribution in [3.63, 3.8) is 0 Å². The minimum absolute atomic E-state index is 0. The SMILES string of the molecule is I.O=C(NCCN=C(Nc1ccccc1)N1CCCCC1)c1ccccc1Cl. The number of aliphatic imine (C=N–C) groups is 1. The first-order chi connectivity index (χ1) is 13.2. The number of likely N-dealkylation sites (tertiary alicyclic amines) is 1. The van der Waals surface area contributed by atoms with Crippen molar-refractivity contribution in [2.75, 3.05) is 31.5 Å². The van der Waals surface area contributed by atoms with Gasteiger partial charge in [0.1, 0.15) is 0 Å². The lowest BCUT2D eigenvalue weighted by molar-refractivity contribution is 0.0955. The summed E-state index contributed by atoms with van der Waals surface area (Å²) in [5, 5.41) is 6.76. The Kier molecular flexibility index (Phi) is 9.57. The first-order valence-electron chi connectivity index (χ1n) is 9.38. The van der Waals surface area contributed by atoms with Gasteiger partial charge >= 0.3 is 0 Å². The van der Waals surface area contributed by atoms with Gasteiger partial charge in [0.2, 0.25) is 0 Å². The highest BCUT2D eigenvalue weighted by molar-refractivity contribution is 14.0. The number of hydrogen-bond donors (Lipinski definition) is 2. The summed E-state index contributed by atoms with van der Waals surface area (Å²) < 4.78 is 0. The van der Waals surface area contributed by atoms with Gasteiger partial charge < -0.3 is 15.5 Å². The van der Waals surface area contributed by atoms with E-state index in [4.69, 9.17) is 16.6 Å². The van der Waals surface area contributed by atoms with E-state index in [9.17, 15) is 4.79 Å². The molecule has 2 N–H and O–H groups in total. The third-order valence-electron chi connectivity index (χ3n) is 4.46. The van der Waals surface area contributed by atoms with Crippen molar-refractivity contribution < 1.29 is 4.79 Å². The maximum absolute atomic E-state index is 12.2. The molecule has 5 nitrogen and oxygen atoms in total. The Morgan fingerprint density at radius 2 is 1.68 bits per heavy atom. The number of rotatable bonds is 5. The van der Waals surface area contributed by atoms with Crippen LogP contribution in [0.3, 0.4) is 0 Å². The smallest absolute Gasteiger partial charge is 0.252 e. The van der Waals surface area contributed by atoms with Crippen molar-refractivity contribution in [3.05, 3.63) is 65.2 Å². The van der Waals surface area contributed by atoms with Crippen molar-refractivity contribution in [1.29, 1.82) is 0 Å². The minimum atomic E-state index is -0.175. The number of anilines is 1. The average molecular weight is 513 g/mol. The van der Waals surface area contributed by atoms with Gasteiger partial charge in [0.25, 0.3) is 5.91 Å². The predicted octanol–water partition coefficient (Wildman–Crippen LogP) is 4.64. The first kappa shape index (κ1) is 22.5. The molecular weight excluding hydrogens is 487 g/mol. The molecule has 0 bridgehead atoms. The third kappa shape index (κ3) is 6.67. The Hall–Kier alpha value is -1.80. The van der Waals surface area contributed by atoms with Gasteiger partial charge in [-0.25, -0.2) is 0 Å². The fourth-order valence-corrected chi connectivity index (χ4v) is 3.27. The number of piperidine rings is 1. The number of nitrogens with one attached hydrogen (secondary N) is 2. The Morgan fingerprint density at radius 3 is 2.39 bits per heavy atom. The minimum Gasteiger partial charge on any atom is -0.350 e. The fourth-order valence-electron chi connectivity index (χ4n) is 3.05. The summed E-state index contributed by atoms with van der Waals surface area (Å²) in [5.41, 5.74) is 1.50. The molecule has 1 heterocycles. The molecule has 0 unspecified atom stereocenters. The topological polar surface area (TPSA) is 56.7 Å². The van der Waals surface area contributed by atoms with Crippen LogP contribution >= 0.6 is 35.6 Å². The highest BCUT2D eigenvalue weighted by Gasteiger charge is 2.15. The molecule has 1 amide bonds. The number of para-hydroxylation sites is 1. The maximum Gasteiger partial charge on any atom is 0.252 e. The van der Waals surface area contributed by atoms with E-state index < -0.39 is 0 Å². The van der Waals surface area contributed by atoms with E-state index in [0.717, 1.165) is 24.7 Å². The fraction of sp³-hybridized carbons (Fsp3) is 0.333. The summed E-state index contributed by atoms with van der Waals surface area (Å²) in [5.74, 6) is 0.694. The van der Waals surface area contributed by atoms with Crippen molar-refractivity contribution in [3.8, 4) is 0 Å². The molecule has 150 valence electrons. The molecule has 0 aromatic heterocycles. The number of nitrogens with zero attached hydrogens (tertiary/aromatic N) is 2. The largest absolute Gasteiger partial charge is 0.350 e. The van der Waals surface area contributed by atoms with Crippen molar-refractivity contribution in [2.45, 2.75) is 19.3 Å². The zero-order valence-electron chi connectivity index (χ0n) is 15.7. The van der Waals surface area contributed by atoms with Crippen molar-refractivity contribution in [1.82, 2.24) is 10.2 Å². The summed E-state index contributed by atoms with van der Waals surface area (Å²) in [6.45, 7) is 2.97. The van der Waals surface area contributed by atoms with E-state index in [0.29, 0.717) is 23.7 Å². The molecule has 7 heteroatoms. The Balaban J connectivity index is 0.00000280. The molecular formula is C21H26ClIN4O. The monoisotopic (exact) mass is 512 g/mol. The second-order valence-electron chi connectivity index (χ2n) is 6.48. The number of benzene rings is 2. The molecule has 0 saturated carbocycles. The van der Waals surface area contributed by atoms with Gasteiger partial charge in [-0.3, -0.25) is 9.79 Å². The summed E-state index contributed by atoms with van der Waals surface area (Å²) in [6.07, 6.45) is 3.63. The second kappa shape index (κ2) is 11.9. The Morgan fingerprint density at radius 1 is 1.00 bits per heavy atom. The molecule has 28 heavy (non-hydrogen) atoms. The first-order valence-corrected chi connectivity index (χ1v) is 9.76. The molecule has 1 saturated heterocycles. The van der Waals surface area contributed by atoms with Crippen LogP contribution in [0.4, 0.5) is 5.69 Å². The summed E-state index contributed by atoms with van der Waals surface area (Å²) in [7, 11) is 0. The molecule has 0 aliphatic carbocycles. The quantitative estimate of drug-likeness (QED) is 0.266. The number of carbonyl (C=O) groups excluding carboxylic acids is 1. The summed E-state index contributed by atoms with van der Waals surface area (Å²) in [4.78, 5) is 19.2. The van der Waals surface area contributed by atoms with E-state index in [1.165, 1.54) is 19.3 Å². The number of guanidine groups is 1.